The van der Waals surface area contributed by atoms with Crippen molar-refractivity contribution in [3.8, 4) is 0 Å². The molecule has 0 aromatic carbocycles. The van der Waals surface area contributed by atoms with E-state index in [9.17, 15) is 4.39 Å². The van der Waals surface area contributed by atoms with Crippen LogP contribution in [0.2, 0.25) is 0 Å². The van der Waals surface area contributed by atoms with E-state index in [1.165, 1.54) is 0 Å². The number of halogens is 1. The summed E-state index contributed by atoms with van der Waals surface area (Å²) in [5.41, 5.74) is 4.03. The molecule has 2 N–H and O–H groups in total. The van der Waals surface area contributed by atoms with Gasteiger partial charge in [0.15, 0.2) is 11.5 Å². The topological polar surface area (TPSA) is 56.7 Å². The molecule has 0 saturated heterocycles. The number of rotatable bonds is 3. The first-order valence-corrected chi connectivity index (χ1v) is 4.85. The Labute approximate surface area is 82.3 Å². The highest BCUT2D eigenvalue weighted by molar-refractivity contribution is 5.11. The number of hydrogen-bond acceptors (Lipinski definition) is 3. The van der Waals surface area contributed by atoms with Gasteiger partial charge in [-0.15, -0.1) is 10.2 Å². The third-order valence-electron chi connectivity index (χ3n) is 2.99. The van der Waals surface area contributed by atoms with Crippen LogP contribution in [0.4, 0.5) is 4.39 Å². The smallest absolute Gasteiger partial charge is 0.185 e. The summed E-state index contributed by atoms with van der Waals surface area (Å²) in [4.78, 5) is 0. The minimum absolute atomic E-state index is 0.0103. The maximum atomic E-state index is 14.5. The molecule has 1 saturated carbocycles. The Morgan fingerprint density at radius 3 is 2.57 bits per heavy atom. The van der Waals surface area contributed by atoms with Crippen LogP contribution in [0.1, 0.15) is 24.5 Å². The molecule has 14 heavy (non-hydrogen) atoms. The number of aryl methyl sites for hydroxylation is 1. The maximum absolute atomic E-state index is 14.5. The second kappa shape index (κ2) is 3.02. The van der Waals surface area contributed by atoms with E-state index in [0.29, 0.717) is 5.82 Å². The predicted molar refractivity (Wildman–Crippen MR) is 50.3 cm³/mol. The fourth-order valence-corrected chi connectivity index (χ4v) is 1.75. The van der Waals surface area contributed by atoms with Crippen molar-refractivity contribution < 1.29 is 4.39 Å². The van der Waals surface area contributed by atoms with Gasteiger partial charge in [-0.25, -0.2) is 4.39 Å². The molecule has 1 atom stereocenters. The van der Waals surface area contributed by atoms with Crippen molar-refractivity contribution in [1.82, 2.24) is 14.8 Å². The normalized spacial score (nSPS) is 20.9. The van der Waals surface area contributed by atoms with Gasteiger partial charge in [0, 0.05) is 19.5 Å². The minimum Gasteiger partial charge on any atom is -0.327 e. The van der Waals surface area contributed by atoms with Crippen molar-refractivity contribution in [3.05, 3.63) is 11.6 Å². The Kier molecular flexibility index (Phi) is 2.06. The van der Waals surface area contributed by atoms with Crippen molar-refractivity contribution in [2.45, 2.75) is 25.4 Å². The molecule has 1 heterocycles. The van der Waals surface area contributed by atoms with Gasteiger partial charge in [0.2, 0.25) is 0 Å². The number of aromatic nitrogens is 3. The average Bonchev–Trinajstić information content (AvgIpc) is 2.96. The highest BCUT2D eigenvalue weighted by Crippen LogP contribution is 2.47. The van der Waals surface area contributed by atoms with Crippen molar-refractivity contribution in [2.24, 2.45) is 18.7 Å². The molecule has 78 valence electrons. The molecular formula is C9H15FN4. The van der Waals surface area contributed by atoms with Crippen LogP contribution in [0, 0.1) is 12.8 Å². The summed E-state index contributed by atoms with van der Waals surface area (Å²) in [5, 5.41) is 7.74. The van der Waals surface area contributed by atoms with Gasteiger partial charge < -0.3 is 10.3 Å². The number of alkyl halides is 1. The second-order valence-electron chi connectivity index (χ2n) is 3.97. The van der Waals surface area contributed by atoms with Crippen LogP contribution < -0.4 is 5.73 Å². The maximum Gasteiger partial charge on any atom is 0.185 e. The number of nitrogens with zero attached hydrogens (tertiary/aromatic N) is 3. The highest BCUT2D eigenvalue weighted by Gasteiger charge is 2.49. The molecule has 1 aliphatic carbocycles. The lowest BCUT2D eigenvalue weighted by Crippen LogP contribution is -2.35. The zero-order chi connectivity index (χ0) is 10.3. The van der Waals surface area contributed by atoms with E-state index in [2.05, 4.69) is 10.2 Å². The fraction of sp³-hybridized carbons (Fsp3) is 0.778. The molecule has 1 unspecified atom stereocenters. The standard InChI is InChI=1S/C9H15FN4/c1-6-12-13-8(14(6)2)9(10,5-11)7-3-4-7/h7H,3-5,11H2,1-2H3. The molecule has 0 bridgehead atoms. The number of nitrogens with two attached hydrogens (primary N) is 1. The molecule has 0 radical (unpaired) electrons. The van der Waals surface area contributed by atoms with Crippen molar-refractivity contribution in [2.75, 3.05) is 6.54 Å². The average molecular weight is 198 g/mol. The molecule has 0 spiro atoms. The minimum atomic E-state index is -1.48. The lowest BCUT2D eigenvalue weighted by Gasteiger charge is -2.21. The van der Waals surface area contributed by atoms with Crippen molar-refractivity contribution in [3.63, 3.8) is 0 Å². The van der Waals surface area contributed by atoms with Crippen molar-refractivity contribution in [1.29, 1.82) is 0 Å². The quantitative estimate of drug-likeness (QED) is 0.776. The largest absolute Gasteiger partial charge is 0.327 e. The van der Waals surface area contributed by atoms with Gasteiger partial charge in [0.25, 0.3) is 0 Å². The third kappa shape index (κ3) is 1.23. The van der Waals surface area contributed by atoms with Gasteiger partial charge in [-0.1, -0.05) is 0 Å². The summed E-state index contributed by atoms with van der Waals surface area (Å²) >= 11 is 0. The van der Waals surface area contributed by atoms with Crippen LogP contribution in [-0.4, -0.2) is 21.3 Å². The summed E-state index contributed by atoms with van der Waals surface area (Å²) in [6, 6.07) is 0. The second-order valence-corrected chi connectivity index (χ2v) is 3.97. The zero-order valence-electron chi connectivity index (χ0n) is 8.50. The highest BCUT2D eigenvalue weighted by atomic mass is 19.1. The van der Waals surface area contributed by atoms with Crippen LogP contribution in [0.3, 0.4) is 0 Å². The van der Waals surface area contributed by atoms with E-state index < -0.39 is 5.67 Å². The molecule has 1 fully saturated rings. The first kappa shape index (κ1) is 9.58. The Morgan fingerprint density at radius 1 is 1.57 bits per heavy atom. The summed E-state index contributed by atoms with van der Waals surface area (Å²) in [6.45, 7) is 1.80. The lowest BCUT2D eigenvalue weighted by molar-refractivity contribution is 0.126. The Balaban J connectivity index is 2.40. The monoisotopic (exact) mass is 198 g/mol. The Hall–Kier alpha value is -0.970. The first-order chi connectivity index (χ1) is 6.59. The molecule has 5 heteroatoms. The van der Waals surface area contributed by atoms with E-state index in [-0.39, 0.29) is 12.5 Å². The van der Waals surface area contributed by atoms with Gasteiger partial charge in [-0.2, -0.15) is 0 Å². The molecule has 2 rings (SSSR count). The van der Waals surface area contributed by atoms with E-state index >= 15 is 0 Å². The van der Waals surface area contributed by atoms with Gasteiger partial charge in [0.1, 0.15) is 5.82 Å². The van der Waals surface area contributed by atoms with Gasteiger partial charge in [-0.05, 0) is 19.8 Å². The molecule has 0 aliphatic heterocycles. The molecule has 1 aromatic rings. The van der Waals surface area contributed by atoms with Gasteiger partial charge >= 0.3 is 0 Å². The van der Waals surface area contributed by atoms with E-state index in [1.54, 1.807) is 18.5 Å². The van der Waals surface area contributed by atoms with E-state index in [1.807, 2.05) is 0 Å². The van der Waals surface area contributed by atoms with Crippen molar-refractivity contribution >= 4 is 0 Å². The molecule has 4 nitrogen and oxygen atoms in total. The van der Waals surface area contributed by atoms with Crippen LogP contribution in [0.5, 0.6) is 0 Å². The zero-order valence-corrected chi connectivity index (χ0v) is 8.50. The number of hydrogen-bond donors (Lipinski definition) is 1. The lowest BCUT2D eigenvalue weighted by atomic mass is 9.99. The SMILES string of the molecule is Cc1nnc(C(F)(CN)C2CC2)n1C. The van der Waals surface area contributed by atoms with Crippen LogP contribution >= 0.6 is 0 Å². The Morgan fingerprint density at radius 2 is 2.21 bits per heavy atom. The van der Waals surface area contributed by atoms with Gasteiger partial charge in [0.05, 0.1) is 0 Å². The van der Waals surface area contributed by atoms with Gasteiger partial charge in [-0.3, -0.25) is 0 Å². The van der Waals surface area contributed by atoms with Crippen LogP contribution in [-0.2, 0) is 12.7 Å². The summed E-state index contributed by atoms with van der Waals surface area (Å²) in [5.74, 6) is 1.13. The fourth-order valence-electron chi connectivity index (χ4n) is 1.75. The Bertz CT molecular complexity index is 345. The first-order valence-electron chi connectivity index (χ1n) is 4.85. The summed E-state index contributed by atoms with van der Waals surface area (Å²) in [7, 11) is 1.77. The van der Waals surface area contributed by atoms with Crippen LogP contribution in [0.25, 0.3) is 0 Å². The molecule has 1 aliphatic rings. The van der Waals surface area contributed by atoms with E-state index in [4.69, 9.17) is 5.73 Å². The summed E-state index contributed by atoms with van der Waals surface area (Å²) < 4.78 is 16.1. The van der Waals surface area contributed by atoms with E-state index in [0.717, 1.165) is 18.7 Å². The molecule has 1 aromatic heterocycles. The summed E-state index contributed by atoms with van der Waals surface area (Å²) in [6.07, 6.45) is 1.80. The predicted octanol–water partition coefficient (Wildman–Crippen LogP) is 0.657. The molecule has 0 amide bonds. The van der Waals surface area contributed by atoms with Crippen LogP contribution in [0.15, 0.2) is 0 Å². The third-order valence-corrected chi connectivity index (χ3v) is 2.99. The molecular weight excluding hydrogens is 183 g/mol.